The van der Waals surface area contributed by atoms with E-state index < -0.39 is 10.0 Å². The fourth-order valence-corrected chi connectivity index (χ4v) is 2.69. The van der Waals surface area contributed by atoms with Crippen LogP contribution in [-0.2, 0) is 16.6 Å². The lowest BCUT2D eigenvalue weighted by Crippen LogP contribution is -2.10. The minimum absolute atomic E-state index is 0.547. The number of rotatable bonds is 5. The van der Waals surface area contributed by atoms with E-state index in [0.29, 0.717) is 12.2 Å². The van der Waals surface area contributed by atoms with Crippen LogP contribution in [-0.4, -0.2) is 14.7 Å². The second-order valence-corrected chi connectivity index (χ2v) is 7.05. The van der Waals surface area contributed by atoms with Gasteiger partial charge < -0.3 is 9.73 Å². The number of hydrogen-bond donors (Lipinski definition) is 2. The highest BCUT2D eigenvalue weighted by atomic mass is 79.9. The van der Waals surface area contributed by atoms with Crippen LogP contribution in [0.15, 0.2) is 39.4 Å². The van der Waals surface area contributed by atoms with Gasteiger partial charge in [0.15, 0.2) is 0 Å². The maximum atomic E-state index is 11.2. The Morgan fingerprint density at radius 3 is 2.60 bits per heavy atom. The summed E-state index contributed by atoms with van der Waals surface area (Å²) in [6.07, 6.45) is 2.75. The molecule has 0 unspecified atom stereocenters. The average Bonchev–Trinajstić information content (AvgIpc) is 2.74. The van der Waals surface area contributed by atoms with Crippen molar-refractivity contribution in [2.24, 2.45) is 0 Å². The van der Waals surface area contributed by atoms with Crippen LogP contribution in [0.4, 0.5) is 11.4 Å². The molecule has 0 aliphatic rings. The number of sulfonamides is 1. The number of anilines is 2. The fraction of sp³-hybridized carbons (Fsp3) is 0.231. The molecule has 1 aromatic heterocycles. The Balaban J connectivity index is 2.07. The molecule has 5 nitrogen and oxygen atoms in total. The van der Waals surface area contributed by atoms with Crippen molar-refractivity contribution < 1.29 is 12.8 Å². The average molecular weight is 359 g/mol. The lowest BCUT2D eigenvalue weighted by atomic mass is 10.2. The third-order valence-electron chi connectivity index (χ3n) is 2.67. The standard InChI is InChI=1S/C13H15BrN2O3S/c1-9-7-10(3-4-12(9)16-20(2,17)18)15-8-13-11(14)5-6-19-13/h3-7,15-16H,8H2,1-2H3. The quantitative estimate of drug-likeness (QED) is 0.859. The molecule has 0 atom stereocenters. The van der Waals surface area contributed by atoms with Crippen LogP contribution in [0.3, 0.4) is 0 Å². The molecular weight excluding hydrogens is 344 g/mol. The molecular formula is C13H15BrN2O3S. The van der Waals surface area contributed by atoms with Gasteiger partial charge in [-0.2, -0.15) is 0 Å². The van der Waals surface area contributed by atoms with Gasteiger partial charge in [0, 0.05) is 5.69 Å². The second-order valence-electron chi connectivity index (χ2n) is 4.45. The summed E-state index contributed by atoms with van der Waals surface area (Å²) in [5, 5.41) is 3.22. The Bertz CT molecular complexity index is 710. The van der Waals surface area contributed by atoms with Crippen LogP contribution in [0.5, 0.6) is 0 Å². The van der Waals surface area contributed by atoms with Crippen LogP contribution >= 0.6 is 15.9 Å². The SMILES string of the molecule is Cc1cc(NCc2occc2Br)ccc1NS(C)(=O)=O. The molecule has 0 bridgehead atoms. The third-order valence-corrected chi connectivity index (χ3v) is 3.96. The summed E-state index contributed by atoms with van der Waals surface area (Å²) in [4.78, 5) is 0. The van der Waals surface area contributed by atoms with E-state index in [9.17, 15) is 8.42 Å². The molecule has 0 saturated heterocycles. The van der Waals surface area contributed by atoms with Crippen molar-refractivity contribution in [1.82, 2.24) is 0 Å². The van der Waals surface area contributed by atoms with E-state index in [1.165, 1.54) is 0 Å². The number of halogens is 1. The zero-order valence-electron chi connectivity index (χ0n) is 11.1. The van der Waals surface area contributed by atoms with Gasteiger partial charge in [-0.25, -0.2) is 8.42 Å². The molecule has 0 aliphatic heterocycles. The Morgan fingerprint density at radius 1 is 1.30 bits per heavy atom. The molecule has 0 aliphatic carbocycles. The third kappa shape index (κ3) is 4.01. The number of benzene rings is 1. The molecule has 0 spiro atoms. The van der Waals surface area contributed by atoms with E-state index in [2.05, 4.69) is 26.0 Å². The van der Waals surface area contributed by atoms with Gasteiger partial charge in [0.05, 0.1) is 29.2 Å². The van der Waals surface area contributed by atoms with Crippen molar-refractivity contribution in [2.75, 3.05) is 16.3 Å². The second kappa shape index (κ2) is 5.88. The minimum atomic E-state index is -3.26. The van der Waals surface area contributed by atoms with Crippen molar-refractivity contribution in [3.63, 3.8) is 0 Å². The van der Waals surface area contributed by atoms with Crippen LogP contribution in [0.2, 0.25) is 0 Å². The van der Waals surface area contributed by atoms with Crippen LogP contribution < -0.4 is 10.0 Å². The van der Waals surface area contributed by atoms with Gasteiger partial charge in [0.25, 0.3) is 0 Å². The minimum Gasteiger partial charge on any atom is -0.466 e. The summed E-state index contributed by atoms with van der Waals surface area (Å²) < 4.78 is 31.1. The maximum absolute atomic E-state index is 11.2. The maximum Gasteiger partial charge on any atom is 0.229 e. The summed E-state index contributed by atoms with van der Waals surface area (Å²) in [6, 6.07) is 7.26. The van der Waals surface area contributed by atoms with Crippen LogP contribution in [0.1, 0.15) is 11.3 Å². The largest absolute Gasteiger partial charge is 0.466 e. The molecule has 7 heteroatoms. The smallest absolute Gasteiger partial charge is 0.229 e. The first-order chi connectivity index (χ1) is 9.35. The lowest BCUT2D eigenvalue weighted by molar-refractivity contribution is 0.516. The topological polar surface area (TPSA) is 71.3 Å². The number of aryl methyl sites for hydroxylation is 1. The van der Waals surface area contributed by atoms with Gasteiger partial charge in [-0.05, 0) is 52.7 Å². The van der Waals surface area contributed by atoms with E-state index in [1.54, 1.807) is 12.3 Å². The van der Waals surface area contributed by atoms with Gasteiger partial charge in [-0.15, -0.1) is 0 Å². The Kier molecular flexibility index (Phi) is 4.39. The Hall–Kier alpha value is -1.47. The summed E-state index contributed by atoms with van der Waals surface area (Å²) in [5.74, 6) is 0.806. The molecule has 2 N–H and O–H groups in total. The first-order valence-electron chi connectivity index (χ1n) is 5.89. The lowest BCUT2D eigenvalue weighted by Gasteiger charge is -2.11. The van der Waals surface area contributed by atoms with E-state index in [1.807, 2.05) is 25.1 Å². The summed E-state index contributed by atoms with van der Waals surface area (Å²) in [7, 11) is -3.26. The van der Waals surface area contributed by atoms with E-state index in [-0.39, 0.29) is 0 Å². The van der Waals surface area contributed by atoms with Crippen molar-refractivity contribution in [3.8, 4) is 0 Å². The first kappa shape index (κ1) is 14.9. The Morgan fingerprint density at radius 2 is 2.05 bits per heavy atom. The van der Waals surface area contributed by atoms with Gasteiger partial charge in [-0.3, -0.25) is 4.72 Å². The van der Waals surface area contributed by atoms with Crippen molar-refractivity contribution in [2.45, 2.75) is 13.5 Å². The van der Waals surface area contributed by atoms with E-state index >= 15 is 0 Å². The molecule has 2 aromatic rings. The summed E-state index contributed by atoms with van der Waals surface area (Å²) >= 11 is 3.39. The number of furan rings is 1. The van der Waals surface area contributed by atoms with Crippen molar-refractivity contribution in [1.29, 1.82) is 0 Å². The Labute approximate surface area is 126 Å². The first-order valence-corrected chi connectivity index (χ1v) is 8.58. The molecule has 1 aromatic carbocycles. The highest BCUT2D eigenvalue weighted by Gasteiger charge is 2.07. The van der Waals surface area contributed by atoms with E-state index in [0.717, 1.165) is 27.7 Å². The molecule has 0 amide bonds. The molecule has 0 radical (unpaired) electrons. The highest BCUT2D eigenvalue weighted by molar-refractivity contribution is 9.10. The van der Waals surface area contributed by atoms with Crippen molar-refractivity contribution >= 4 is 37.3 Å². The molecule has 0 fully saturated rings. The van der Waals surface area contributed by atoms with E-state index in [4.69, 9.17) is 4.42 Å². The number of nitrogens with one attached hydrogen (secondary N) is 2. The highest BCUT2D eigenvalue weighted by Crippen LogP contribution is 2.23. The zero-order chi connectivity index (χ0) is 14.8. The fourth-order valence-electron chi connectivity index (χ4n) is 1.72. The summed E-state index contributed by atoms with van der Waals surface area (Å²) in [5.41, 5.74) is 2.32. The zero-order valence-corrected chi connectivity index (χ0v) is 13.5. The number of hydrogen-bond acceptors (Lipinski definition) is 4. The molecule has 1 heterocycles. The molecule has 0 saturated carbocycles. The van der Waals surface area contributed by atoms with Gasteiger partial charge in [0.2, 0.25) is 10.0 Å². The van der Waals surface area contributed by atoms with Crippen LogP contribution in [0.25, 0.3) is 0 Å². The van der Waals surface area contributed by atoms with Gasteiger partial charge in [-0.1, -0.05) is 0 Å². The predicted molar refractivity (Wildman–Crippen MR) is 83.4 cm³/mol. The molecule has 108 valence electrons. The van der Waals surface area contributed by atoms with Gasteiger partial charge >= 0.3 is 0 Å². The molecule has 2 rings (SSSR count). The monoisotopic (exact) mass is 358 g/mol. The van der Waals surface area contributed by atoms with Crippen molar-refractivity contribution in [3.05, 3.63) is 46.3 Å². The summed E-state index contributed by atoms with van der Waals surface area (Å²) in [6.45, 7) is 2.40. The van der Waals surface area contributed by atoms with Crippen LogP contribution in [0, 0.1) is 6.92 Å². The normalized spacial score (nSPS) is 11.3. The predicted octanol–water partition coefficient (Wildman–Crippen LogP) is 3.33. The van der Waals surface area contributed by atoms with Gasteiger partial charge in [0.1, 0.15) is 5.76 Å². The molecule has 20 heavy (non-hydrogen) atoms.